The van der Waals surface area contributed by atoms with Crippen molar-refractivity contribution >= 4 is 28.4 Å². The van der Waals surface area contributed by atoms with Crippen molar-refractivity contribution < 1.29 is 28.6 Å². The Morgan fingerprint density at radius 3 is 2.43 bits per heavy atom. The number of aromatic nitrogens is 1. The molecule has 0 amide bonds. The highest BCUT2D eigenvalue weighted by atomic mass is 16.5. The van der Waals surface area contributed by atoms with Crippen LogP contribution in [0.4, 0.5) is 0 Å². The largest absolute Gasteiger partial charge is 0.493 e. The van der Waals surface area contributed by atoms with Crippen LogP contribution >= 0.6 is 0 Å². The number of methoxy groups -OCH3 is 2. The van der Waals surface area contributed by atoms with Gasteiger partial charge in [-0.15, -0.1) is 0 Å². The van der Waals surface area contributed by atoms with Crippen molar-refractivity contribution in [3.63, 3.8) is 0 Å². The van der Waals surface area contributed by atoms with Gasteiger partial charge in [-0.05, 0) is 31.2 Å². The minimum absolute atomic E-state index is 0.0394. The third-order valence-electron chi connectivity index (χ3n) is 4.79. The summed E-state index contributed by atoms with van der Waals surface area (Å²) in [5, 5.41) is 0.772. The smallest absolute Gasteiger partial charge is 0.306 e. The van der Waals surface area contributed by atoms with E-state index in [9.17, 15) is 14.4 Å². The van der Waals surface area contributed by atoms with Crippen molar-refractivity contribution in [2.24, 2.45) is 0 Å². The molecule has 0 spiro atoms. The highest BCUT2D eigenvalue weighted by molar-refractivity contribution is 6.10. The lowest BCUT2D eigenvalue weighted by Gasteiger charge is -2.12. The van der Waals surface area contributed by atoms with Gasteiger partial charge in [0.2, 0.25) is 5.78 Å². The fourth-order valence-corrected chi connectivity index (χ4v) is 3.17. The summed E-state index contributed by atoms with van der Waals surface area (Å²) in [6, 6.07) is 12.2. The molecule has 0 aliphatic heterocycles. The number of hydrogen-bond donors (Lipinski definition) is 1. The van der Waals surface area contributed by atoms with Gasteiger partial charge in [0.05, 0.1) is 20.6 Å². The van der Waals surface area contributed by atoms with Crippen LogP contribution in [-0.4, -0.2) is 42.8 Å². The van der Waals surface area contributed by atoms with Gasteiger partial charge in [-0.1, -0.05) is 18.2 Å². The lowest BCUT2D eigenvalue weighted by Crippen LogP contribution is -2.24. The molecular formula is C23H23NO6. The first-order valence-electron chi connectivity index (χ1n) is 9.49. The molecule has 3 rings (SSSR count). The van der Waals surface area contributed by atoms with Gasteiger partial charge in [-0.2, -0.15) is 0 Å². The Labute approximate surface area is 173 Å². The van der Waals surface area contributed by atoms with Gasteiger partial charge in [0.15, 0.2) is 23.4 Å². The first-order chi connectivity index (χ1) is 14.4. The molecule has 0 fully saturated rings. The number of esters is 1. The van der Waals surface area contributed by atoms with Gasteiger partial charge < -0.3 is 19.2 Å². The van der Waals surface area contributed by atoms with Crippen LogP contribution in [0.15, 0.2) is 48.7 Å². The molecule has 0 aliphatic carbocycles. The summed E-state index contributed by atoms with van der Waals surface area (Å²) in [5.41, 5.74) is 1.70. The number of ether oxygens (including phenoxy) is 3. The molecule has 1 N–H and O–H groups in total. The number of carbonyl (C=O) groups is 3. The molecule has 156 valence electrons. The summed E-state index contributed by atoms with van der Waals surface area (Å²) in [6.45, 7) is 1.53. The number of Topliss-reactive ketones (excluding diaryl/α,β-unsaturated/α-hetero) is 2. The third kappa shape index (κ3) is 4.51. The number of hydrogen-bond acceptors (Lipinski definition) is 6. The number of ketones is 2. The molecule has 0 saturated carbocycles. The summed E-state index contributed by atoms with van der Waals surface area (Å²) in [4.78, 5) is 40.2. The molecule has 1 unspecified atom stereocenters. The number of rotatable bonds is 9. The van der Waals surface area contributed by atoms with E-state index in [0.29, 0.717) is 22.6 Å². The standard InChI is InChI=1S/C23H23NO6/c1-14(23(27)17-13-24-18-7-5-4-6-16(17)18)30-22(26)11-9-19(25)15-8-10-20(28-2)21(12-15)29-3/h4-8,10,12-14,24H,9,11H2,1-3H3. The highest BCUT2D eigenvalue weighted by Crippen LogP contribution is 2.28. The quantitative estimate of drug-likeness (QED) is 0.425. The van der Waals surface area contributed by atoms with Crippen molar-refractivity contribution in [2.75, 3.05) is 14.2 Å². The van der Waals surface area contributed by atoms with E-state index in [0.717, 1.165) is 10.9 Å². The van der Waals surface area contributed by atoms with Gasteiger partial charge in [0.1, 0.15) is 0 Å². The zero-order valence-electron chi connectivity index (χ0n) is 17.1. The SMILES string of the molecule is COc1ccc(C(=O)CCC(=O)OC(C)C(=O)c2c[nH]c3ccccc23)cc1OC. The summed E-state index contributed by atoms with van der Waals surface area (Å²) >= 11 is 0. The molecule has 0 saturated heterocycles. The molecule has 7 heteroatoms. The molecule has 2 aromatic carbocycles. The molecule has 1 heterocycles. The number of benzene rings is 2. The van der Waals surface area contributed by atoms with Crippen molar-refractivity contribution in [1.29, 1.82) is 0 Å². The van der Waals surface area contributed by atoms with Crippen LogP contribution < -0.4 is 9.47 Å². The second-order valence-electron chi connectivity index (χ2n) is 6.74. The van der Waals surface area contributed by atoms with Gasteiger partial charge >= 0.3 is 5.97 Å². The number of para-hydroxylation sites is 1. The molecule has 3 aromatic rings. The van der Waals surface area contributed by atoms with Crippen LogP contribution in [0.5, 0.6) is 11.5 Å². The average Bonchev–Trinajstić information content (AvgIpc) is 3.20. The van der Waals surface area contributed by atoms with E-state index in [1.807, 2.05) is 24.3 Å². The average molecular weight is 409 g/mol. The lowest BCUT2D eigenvalue weighted by atomic mass is 10.1. The normalized spacial score (nSPS) is 11.7. The fourth-order valence-electron chi connectivity index (χ4n) is 3.17. The summed E-state index contributed by atoms with van der Waals surface area (Å²) in [6.07, 6.45) is 0.492. The van der Waals surface area contributed by atoms with Gasteiger partial charge in [-0.25, -0.2) is 0 Å². The second-order valence-corrected chi connectivity index (χ2v) is 6.74. The Morgan fingerprint density at radius 2 is 1.70 bits per heavy atom. The Balaban J connectivity index is 1.57. The van der Waals surface area contributed by atoms with E-state index in [1.165, 1.54) is 21.1 Å². The zero-order chi connectivity index (χ0) is 21.7. The number of carbonyl (C=O) groups excluding carboxylic acids is 3. The Bertz CT molecular complexity index is 1080. The first-order valence-corrected chi connectivity index (χ1v) is 9.49. The maximum Gasteiger partial charge on any atom is 0.306 e. The number of fused-ring (bicyclic) bond motifs is 1. The summed E-state index contributed by atoms with van der Waals surface area (Å²) < 4.78 is 15.6. The Morgan fingerprint density at radius 1 is 0.967 bits per heavy atom. The van der Waals surface area contributed by atoms with Crippen LogP contribution in [0.25, 0.3) is 10.9 Å². The number of H-pyrrole nitrogens is 1. The number of aromatic amines is 1. The first kappa shape index (κ1) is 21.1. The van der Waals surface area contributed by atoms with Crippen LogP contribution in [0.2, 0.25) is 0 Å². The minimum atomic E-state index is -0.951. The topological polar surface area (TPSA) is 94.7 Å². The van der Waals surface area contributed by atoms with E-state index >= 15 is 0 Å². The van der Waals surface area contributed by atoms with E-state index in [-0.39, 0.29) is 24.4 Å². The predicted molar refractivity (Wildman–Crippen MR) is 111 cm³/mol. The summed E-state index contributed by atoms with van der Waals surface area (Å²) in [5.74, 6) is -0.193. The maximum atomic E-state index is 12.7. The van der Waals surface area contributed by atoms with E-state index < -0.39 is 12.1 Å². The van der Waals surface area contributed by atoms with E-state index in [4.69, 9.17) is 14.2 Å². The molecule has 1 aromatic heterocycles. The maximum absolute atomic E-state index is 12.7. The van der Waals surface area contributed by atoms with Crippen LogP contribution in [-0.2, 0) is 9.53 Å². The molecule has 30 heavy (non-hydrogen) atoms. The number of nitrogens with one attached hydrogen (secondary N) is 1. The van der Waals surface area contributed by atoms with E-state index in [2.05, 4.69) is 4.98 Å². The van der Waals surface area contributed by atoms with E-state index in [1.54, 1.807) is 24.4 Å². The van der Waals surface area contributed by atoms with Gasteiger partial charge in [0, 0.05) is 34.6 Å². The fraction of sp³-hybridized carbons (Fsp3) is 0.261. The third-order valence-corrected chi connectivity index (χ3v) is 4.79. The Hall–Kier alpha value is -3.61. The van der Waals surface area contributed by atoms with Crippen LogP contribution in [0, 0.1) is 0 Å². The van der Waals surface area contributed by atoms with Crippen molar-refractivity contribution in [1.82, 2.24) is 4.98 Å². The van der Waals surface area contributed by atoms with Crippen molar-refractivity contribution in [3.05, 3.63) is 59.8 Å². The van der Waals surface area contributed by atoms with Gasteiger partial charge in [-0.3, -0.25) is 14.4 Å². The van der Waals surface area contributed by atoms with Gasteiger partial charge in [0.25, 0.3) is 0 Å². The molecule has 0 radical (unpaired) electrons. The summed E-state index contributed by atoms with van der Waals surface area (Å²) in [7, 11) is 2.99. The predicted octanol–water partition coefficient (Wildman–Crippen LogP) is 3.96. The van der Waals surface area contributed by atoms with Crippen LogP contribution in [0.3, 0.4) is 0 Å². The monoisotopic (exact) mass is 409 g/mol. The molecular weight excluding hydrogens is 386 g/mol. The molecule has 7 nitrogen and oxygen atoms in total. The minimum Gasteiger partial charge on any atom is -0.493 e. The molecule has 1 atom stereocenters. The van der Waals surface area contributed by atoms with Crippen molar-refractivity contribution in [2.45, 2.75) is 25.9 Å². The molecule has 0 bridgehead atoms. The zero-order valence-corrected chi connectivity index (χ0v) is 17.1. The highest BCUT2D eigenvalue weighted by Gasteiger charge is 2.22. The Kier molecular flexibility index (Phi) is 6.51. The van der Waals surface area contributed by atoms with Crippen LogP contribution in [0.1, 0.15) is 40.5 Å². The molecule has 0 aliphatic rings. The lowest BCUT2D eigenvalue weighted by molar-refractivity contribution is -0.146. The van der Waals surface area contributed by atoms with Crippen molar-refractivity contribution in [3.8, 4) is 11.5 Å². The second kappa shape index (κ2) is 9.26.